The maximum atomic E-state index is 11.5. The zero-order chi connectivity index (χ0) is 12.1. The first-order valence-corrected chi connectivity index (χ1v) is 5.05. The second-order valence-corrected chi connectivity index (χ2v) is 3.54. The lowest BCUT2D eigenvalue weighted by atomic mass is 10.2. The molecule has 88 valence electrons. The molecule has 0 radical (unpaired) electrons. The van der Waals surface area contributed by atoms with Crippen LogP contribution in [-0.4, -0.2) is 28.2 Å². The summed E-state index contributed by atoms with van der Waals surface area (Å²) >= 11 is 0. The van der Waals surface area contributed by atoms with Gasteiger partial charge in [0.25, 0.3) is 5.91 Å². The first-order chi connectivity index (χ1) is 7.54. The molecule has 1 amide bonds. The van der Waals surface area contributed by atoms with E-state index in [1.807, 2.05) is 13.8 Å². The van der Waals surface area contributed by atoms with Gasteiger partial charge in [-0.25, -0.2) is 4.79 Å². The average molecular weight is 226 g/mol. The van der Waals surface area contributed by atoms with E-state index < -0.39 is 11.9 Å². The van der Waals surface area contributed by atoms with Crippen LogP contribution in [0, 0.1) is 0 Å². The minimum atomic E-state index is -1.24. The lowest BCUT2D eigenvalue weighted by Gasteiger charge is -2.10. The van der Waals surface area contributed by atoms with Crippen molar-refractivity contribution in [3.63, 3.8) is 0 Å². The van der Waals surface area contributed by atoms with Crippen LogP contribution < -0.4 is 5.32 Å². The van der Waals surface area contributed by atoms with Gasteiger partial charge in [-0.2, -0.15) is 0 Å². The molecule has 6 heteroatoms. The van der Waals surface area contributed by atoms with Gasteiger partial charge in [-0.05, 0) is 13.3 Å². The quantitative estimate of drug-likeness (QED) is 0.789. The number of nitrogens with one attached hydrogen (secondary N) is 1. The number of carbonyl (C=O) groups is 2. The van der Waals surface area contributed by atoms with E-state index in [-0.39, 0.29) is 17.5 Å². The van der Waals surface area contributed by atoms with Crippen LogP contribution in [0.5, 0.6) is 0 Å². The van der Waals surface area contributed by atoms with Crippen molar-refractivity contribution in [3.8, 4) is 0 Å². The molecule has 2 N–H and O–H groups in total. The summed E-state index contributed by atoms with van der Waals surface area (Å²) in [4.78, 5) is 22.0. The second kappa shape index (κ2) is 5.29. The molecule has 0 fully saturated rings. The highest BCUT2D eigenvalue weighted by Crippen LogP contribution is 2.04. The van der Waals surface area contributed by atoms with E-state index >= 15 is 0 Å². The van der Waals surface area contributed by atoms with Crippen LogP contribution in [-0.2, 0) is 0 Å². The predicted molar refractivity (Wildman–Crippen MR) is 55.3 cm³/mol. The van der Waals surface area contributed by atoms with Gasteiger partial charge < -0.3 is 14.9 Å². The predicted octanol–water partition coefficient (Wildman–Crippen LogP) is 1.29. The van der Waals surface area contributed by atoms with E-state index in [0.717, 1.165) is 18.9 Å². The van der Waals surface area contributed by atoms with Crippen LogP contribution in [0.3, 0.4) is 0 Å². The summed E-state index contributed by atoms with van der Waals surface area (Å²) < 4.78 is 4.48. The van der Waals surface area contributed by atoms with Gasteiger partial charge in [-0.15, -0.1) is 0 Å². The fourth-order valence-corrected chi connectivity index (χ4v) is 1.29. The van der Waals surface area contributed by atoms with Gasteiger partial charge >= 0.3 is 5.97 Å². The summed E-state index contributed by atoms with van der Waals surface area (Å²) in [7, 11) is 0. The van der Waals surface area contributed by atoms with Crippen LogP contribution in [0.4, 0.5) is 0 Å². The van der Waals surface area contributed by atoms with Gasteiger partial charge in [0.15, 0.2) is 5.69 Å². The number of hydrogen-bond donors (Lipinski definition) is 2. The summed E-state index contributed by atoms with van der Waals surface area (Å²) in [5, 5.41) is 14.7. The van der Waals surface area contributed by atoms with Gasteiger partial charge in [0.1, 0.15) is 0 Å². The van der Waals surface area contributed by atoms with Crippen molar-refractivity contribution >= 4 is 11.9 Å². The molecule has 0 aliphatic rings. The lowest BCUT2D eigenvalue weighted by Crippen LogP contribution is -2.32. The molecule has 1 rings (SSSR count). The zero-order valence-corrected chi connectivity index (χ0v) is 9.19. The van der Waals surface area contributed by atoms with Crippen LogP contribution in [0.1, 0.15) is 47.7 Å². The fraction of sp³-hybridized carbons (Fsp3) is 0.500. The van der Waals surface area contributed by atoms with Crippen LogP contribution in [0.25, 0.3) is 0 Å². The van der Waals surface area contributed by atoms with Crippen molar-refractivity contribution < 1.29 is 19.2 Å². The fourth-order valence-electron chi connectivity index (χ4n) is 1.29. The van der Waals surface area contributed by atoms with Crippen molar-refractivity contribution in [1.82, 2.24) is 10.5 Å². The van der Waals surface area contributed by atoms with E-state index in [2.05, 4.69) is 15.0 Å². The van der Waals surface area contributed by atoms with Crippen molar-refractivity contribution in [2.75, 3.05) is 0 Å². The third kappa shape index (κ3) is 3.08. The molecule has 6 nitrogen and oxygen atoms in total. The molecule has 16 heavy (non-hydrogen) atoms. The summed E-state index contributed by atoms with van der Waals surface area (Å²) in [5.74, 6) is -2.00. The molecule has 1 unspecified atom stereocenters. The molecule has 0 saturated carbocycles. The molecule has 1 aromatic rings. The largest absolute Gasteiger partial charge is 0.475 e. The Labute approximate surface area is 92.6 Å². The maximum Gasteiger partial charge on any atom is 0.374 e. The first-order valence-electron chi connectivity index (χ1n) is 5.05. The summed E-state index contributed by atoms with van der Waals surface area (Å²) in [6.07, 6.45) is 1.82. The molecule has 1 atom stereocenters. The average Bonchev–Trinajstić information content (AvgIpc) is 2.66. The summed E-state index contributed by atoms with van der Waals surface area (Å²) in [6, 6.07) is 1.14. The van der Waals surface area contributed by atoms with Crippen molar-refractivity contribution in [1.29, 1.82) is 0 Å². The minimum absolute atomic E-state index is 0.0136. The Balaban J connectivity index is 2.62. The normalized spacial score (nSPS) is 12.1. The highest BCUT2D eigenvalue weighted by atomic mass is 16.5. The van der Waals surface area contributed by atoms with Crippen molar-refractivity contribution in [3.05, 3.63) is 17.5 Å². The monoisotopic (exact) mass is 226 g/mol. The van der Waals surface area contributed by atoms with E-state index in [0.29, 0.717) is 0 Å². The van der Waals surface area contributed by atoms with Gasteiger partial charge in [0.2, 0.25) is 5.76 Å². The Morgan fingerprint density at radius 1 is 1.62 bits per heavy atom. The Kier molecular flexibility index (Phi) is 4.04. The number of rotatable bonds is 5. The van der Waals surface area contributed by atoms with Gasteiger partial charge in [-0.3, -0.25) is 4.79 Å². The third-order valence-corrected chi connectivity index (χ3v) is 2.05. The highest BCUT2D eigenvalue weighted by molar-refractivity contribution is 5.94. The zero-order valence-electron chi connectivity index (χ0n) is 9.19. The smallest absolute Gasteiger partial charge is 0.374 e. The molecule has 0 saturated heterocycles. The molecule has 1 aromatic heterocycles. The molecular weight excluding hydrogens is 212 g/mol. The van der Waals surface area contributed by atoms with E-state index in [1.54, 1.807) is 0 Å². The Morgan fingerprint density at radius 2 is 2.31 bits per heavy atom. The van der Waals surface area contributed by atoms with E-state index in [9.17, 15) is 9.59 Å². The SMILES string of the molecule is CCCC(C)NC(=O)c1cc(C(=O)O)on1. The molecule has 0 aromatic carbocycles. The molecular formula is C10H14N2O4. The second-order valence-electron chi connectivity index (χ2n) is 3.54. The van der Waals surface area contributed by atoms with E-state index in [4.69, 9.17) is 5.11 Å². The number of carbonyl (C=O) groups excluding carboxylic acids is 1. The Hall–Kier alpha value is -1.85. The lowest BCUT2D eigenvalue weighted by molar-refractivity contribution is 0.0651. The summed E-state index contributed by atoms with van der Waals surface area (Å²) in [6.45, 7) is 3.89. The van der Waals surface area contributed by atoms with Gasteiger partial charge in [0, 0.05) is 12.1 Å². The van der Waals surface area contributed by atoms with Gasteiger partial charge in [0.05, 0.1) is 0 Å². The molecule has 0 spiro atoms. The third-order valence-electron chi connectivity index (χ3n) is 2.05. The molecule has 0 aliphatic carbocycles. The van der Waals surface area contributed by atoms with Crippen LogP contribution >= 0.6 is 0 Å². The van der Waals surface area contributed by atoms with E-state index in [1.165, 1.54) is 0 Å². The van der Waals surface area contributed by atoms with Crippen molar-refractivity contribution in [2.24, 2.45) is 0 Å². The minimum Gasteiger partial charge on any atom is -0.475 e. The van der Waals surface area contributed by atoms with Crippen molar-refractivity contribution in [2.45, 2.75) is 32.7 Å². The number of carboxylic acids is 1. The number of amides is 1. The Bertz CT molecular complexity index is 386. The first kappa shape index (κ1) is 12.2. The number of hydrogen-bond acceptors (Lipinski definition) is 4. The number of aromatic nitrogens is 1. The van der Waals surface area contributed by atoms with Gasteiger partial charge in [-0.1, -0.05) is 18.5 Å². The Morgan fingerprint density at radius 3 is 2.81 bits per heavy atom. The molecule has 0 aliphatic heterocycles. The van der Waals surface area contributed by atoms with Crippen LogP contribution in [0.2, 0.25) is 0 Å². The molecule has 1 heterocycles. The number of nitrogens with zero attached hydrogens (tertiary/aromatic N) is 1. The topological polar surface area (TPSA) is 92.4 Å². The maximum absolute atomic E-state index is 11.5. The summed E-state index contributed by atoms with van der Waals surface area (Å²) in [5.41, 5.74) is -0.0136. The standard InChI is InChI=1S/C10H14N2O4/c1-3-4-6(2)11-9(13)7-5-8(10(14)15)16-12-7/h5-6H,3-4H2,1-2H3,(H,11,13)(H,14,15). The van der Waals surface area contributed by atoms with Crippen LogP contribution in [0.15, 0.2) is 10.6 Å². The highest BCUT2D eigenvalue weighted by Gasteiger charge is 2.17. The molecule has 0 bridgehead atoms. The number of carboxylic acid groups (broad SMARTS) is 1. The number of aromatic carboxylic acids is 1.